The Morgan fingerprint density at radius 1 is 1.14 bits per heavy atom. The fourth-order valence-electron chi connectivity index (χ4n) is 4.01. The molecule has 0 saturated carbocycles. The monoisotopic (exact) mass is 396 g/mol. The van der Waals surface area contributed by atoms with Gasteiger partial charge in [0.25, 0.3) is 5.91 Å². The summed E-state index contributed by atoms with van der Waals surface area (Å²) in [6.45, 7) is 7.29. The smallest absolute Gasteiger partial charge is 0.280 e. The molecular weight excluding hydrogens is 367 g/mol. The lowest BCUT2D eigenvalue weighted by atomic mass is 10.1. The summed E-state index contributed by atoms with van der Waals surface area (Å²) < 4.78 is 13.4. The van der Waals surface area contributed by atoms with Crippen molar-refractivity contribution >= 4 is 5.91 Å². The van der Waals surface area contributed by atoms with Crippen molar-refractivity contribution < 1.29 is 19.0 Å². The third-order valence-electron chi connectivity index (χ3n) is 5.80. The zero-order valence-electron chi connectivity index (χ0n) is 17.1. The summed E-state index contributed by atoms with van der Waals surface area (Å²) in [5, 5.41) is 8.90. The van der Waals surface area contributed by atoms with Crippen LogP contribution in [-0.2, 0) is 17.9 Å². The van der Waals surface area contributed by atoms with Crippen molar-refractivity contribution in [3.8, 4) is 6.07 Å². The largest absolute Gasteiger partial charge is 0.336 e. The molecular formula is C23H29FN4O+2. The van der Waals surface area contributed by atoms with Crippen LogP contribution < -0.4 is 9.80 Å². The highest BCUT2D eigenvalue weighted by Gasteiger charge is 2.32. The Bertz CT molecular complexity index is 869. The lowest BCUT2D eigenvalue weighted by Crippen LogP contribution is -3.29. The van der Waals surface area contributed by atoms with E-state index in [1.54, 1.807) is 18.0 Å². The van der Waals surface area contributed by atoms with Gasteiger partial charge in [-0.2, -0.15) is 5.26 Å². The second-order valence-corrected chi connectivity index (χ2v) is 7.94. The number of hydrogen-bond donors (Lipinski definition) is 2. The van der Waals surface area contributed by atoms with Gasteiger partial charge in [-0.15, -0.1) is 0 Å². The predicted molar refractivity (Wildman–Crippen MR) is 109 cm³/mol. The summed E-state index contributed by atoms with van der Waals surface area (Å²) in [4.78, 5) is 17.4. The zero-order chi connectivity index (χ0) is 20.8. The molecule has 6 heteroatoms. The maximum atomic E-state index is 13.4. The second kappa shape index (κ2) is 9.64. The van der Waals surface area contributed by atoms with E-state index in [9.17, 15) is 9.18 Å². The lowest BCUT2D eigenvalue weighted by Gasteiger charge is -2.34. The predicted octanol–water partition coefficient (Wildman–Crippen LogP) is 0.0279. The van der Waals surface area contributed by atoms with E-state index in [-0.39, 0.29) is 17.8 Å². The number of rotatable bonds is 6. The quantitative estimate of drug-likeness (QED) is 0.724. The summed E-state index contributed by atoms with van der Waals surface area (Å²) in [6.07, 6.45) is 0. The second-order valence-electron chi connectivity index (χ2n) is 7.94. The molecule has 1 aliphatic heterocycles. The Morgan fingerprint density at radius 2 is 1.83 bits per heavy atom. The molecule has 0 aromatic heterocycles. The number of quaternary nitrogens is 2. The van der Waals surface area contributed by atoms with E-state index >= 15 is 0 Å². The normalized spacial score (nSPS) is 19.9. The van der Waals surface area contributed by atoms with Crippen LogP contribution >= 0.6 is 0 Å². The third kappa shape index (κ3) is 5.63. The average Bonchev–Trinajstić information content (AvgIpc) is 2.74. The first-order chi connectivity index (χ1) is 14.0. The molecule has 3 rings (SSSR count). The summed E-state index contributed by atoms with van der Waals surface area (Å²) in [6, 6.07) is 16.2. The number of nitrogens with zero attached hydrogens (tertiary/aromatic N) is 2. The van der Waals surface area contributed by atoms with Gasteiger partial charge in [-0.05, 0) is 36.8 Å². The molecule has 0 unspecified atom stereocenters. The van der Waals surface area contributed by atoms with Gasteiger partial charge in [-0.3, -0.25) is 4.79 Å². The number of nitriles is 1. The molecule has 5 nitrogen and oxygen atoms in total. The SMILES string of the molecule is C[C@H](C(=O)N(C)Cc1cccc(F)c1)[NH+]1CC[NH+](Cc2ccc(C#N)cc2)CC1. The van der Waals surface area contributed by atoms with Crippen molar-refractivity contribution in [1.29, 1.82) is 5.26 Å². The van der Waals surface area contributed by atoms with Gasteiger partial charge in [-0.25, -0.2) is 4.39 Å². The van der Waals surface area contributed by atoms with Crippen molar-refractivity contribution in [1.82, 2.24) is 4.90 Å². The summed E-state index contributed by atoms with van der Waals surface area (Å²) in [5.74, 6) is -0.178. The Balaban J connectivity index is 1.48. The Morgan fingerprint density at radius 3 is 2.45 bits per heavy atom. The van der Waals surface area contributed by atoms with Crippen molar-refractivity contribution in [3.05, 3.63) is 71.0 Å². The van der Waals surface area contributed by atoms with Gasteiger partial charge >= 0.3 is 0 Å². The fourth-order valence-corrected chi connectivity index (χ4v) is 4.01. The molecule has 1 fully saturated rings. The molecule has 1 aliphatic rings. The minimum atomic E-state index is -0.275. The molecule has 29 heavy (non-hydrogen) atoms. The number of likely N-dealkylation sites (N-methyl/N-ethyl adjacent to an activating group) is 1. The van der Waals surface area contributed by atoms with Crippen LogP contribution in [0.15, 0.2) is 48.5 Å². The van der Waals surface area contributed by atoms with Crippen molar-refractivity contribution in [2.45, 2.75) is 26.1 Å². The molecule has 1 atom stereocenters. The van der Waals surface area contributed by atoms with Crippen LogP contribution in [0.3, 0.4) is 0 Å². The maximum absolute atomic E-state index is 13.4. The Labute approximate surface area is 171 Å². The number of benzene rings is 2. The molecule has 2 aromatic carbocycles. The first-order valence-electron chi connectivity index (χ1n) is 10.1. The molecule has 152 valence electrons. The van der Waals surface area contributed by atoms with Crippen LogP contribution in [0.1, 0.15) is 23.6 Å². The van der Waals surface area contributed by atoms with Crippen LogP contribution in [0.25, 0.3) is 0 Å². The van der Waals surface area contributed by atoms with Crippen LogP contribution in [0, 0.1) is 17.1 Å². The molecule has 0 spiro atoms. The Kier molecular flexibility index (Phi) is 6.97. The van der Waals surface area contributed by atoms with Gasteiger partial charge in [0, 0.05) is 19.2 Å². The first-order valence-corrected chi connectivity index (χ1v) is 10.1. The number of amides is 1. The molecule has 2 N–H and O–H groups in total. The number of piperazine rings is 1. The van der Waals surface area contributed by atoms with E-state index in [1.165, 1.54) is 27.5 Å². The van der Waals surface area contributed by atoms with Gasteiger partial charge in [0.1, 0.15) is 38.5 Å². The highest BCUT2D eigenvalue weighted by Crippen LogP contribution is 2.07. The average molecular weight is 397 g/mol. The van der Waals surface area contributed by atoms with E-state index in [0.717, 1.165) is 38.3 Å². The summed E-state index contributed by atoms with van der Waals surface area (Å²) in [5.41, 5.74) is 2.73. The van der Waals surface area contributed by atoms with Gasteiger partial charge in [0.15, 0.2) is 6.04 Å². The molecule has 2 aromatic rings. The highest BCUT2D eigenvalue weighted by molar-refractivity contribution is 5.79. The topological polar surface area (TPSA) is 53.0 Å². The van der Waals surface area contributed by atoms with Crippen molar-refractivity contribution in [2.75, 3.05) is 33.2 Å². The number of carbonyl (C=O) groups excluding carboxylic acids is 1. The van der Waals surface area contributed by atoms with Crippen molar-refractivity contribution in [2.24, 2.45) is 0 Å². The van der Waals surface area contributed by atoms with Crippen LogP contribution in [0.4, 0.5) is 4.39 Å². The first kappa shape index (κ1) is 21.0. The number of halogens is 1. The van der Waals surface area contributed by atoms with Crippen LogP contribution in [0.2, 0.25) is 0 Å². The van der Waals surface area contributed by atoms with Gasteiger partial charge in [0.2, 0.25) is 0 Å². The van der Waals surface area contributed by atoms with Gasteiger partial charge in [-0.1, -0.05) is 24.3 Å². The fraction of sp³-hybridized carbons (Fsp3) is 0.391. The minimum Gasteiger partial charge on any atom is -0.336 e. The third-order valence-corrected chi connectivity index (χ3v) is 5.80. The number of nitrogens with one attached hydrogen (secondary N) is 2. The molecule has 0 radical (unpaired) electrons. The van der Waals surface area contributed by atoms with E-state index in [2.05, 4.69) is 6.07 Å². The summed E-state index contributed by atoms with van der Waals surface area (Å²) in [7, 11) is 1.79. The van der Waals surface area contributed by atoms with E-state index in [0.29, 0.717) is 12.1 Å². The molecule has 1 heterocycles. The van der Waals surface area contributed by atoms with Crippen LogP contribution in [-0.4, -0.2) is 50.1 Å². The van der Waals surface area contributed by atoms with Gasteiger partial charge < -0.3 is 14.7 Å². The molecule has 1 saturated heterocycles. The van der Waals surface area contributed by atoms with E-state index in [1.807, 2.05) is 37.3 Å². The van der Waals surface area contributed by atoms with Crippen molar-refractivity contribution in [3.63, 3.8) is 0 Å². The standard InChI is InChI=1S/C23H27FN4O/c1-18(23(29)26(2)16-21-4-3-5-22(24)14-21)28-12-10-27(11-13-28)17-20-8-6-19(15-25)7-9-20/h3-9,14,18H,10-13,16-17H2,1-2H3/p+2/t18-/m1/s1. The molecule has 0 bridgehead atoms. The number of carbonyl (C=O) groups is 1. The zero-order valence-corrected chi connectivity index (χ0v) is 17.1. The molecule has 0 aliphatic carbocycles. The van der Waals surface area contributed by atoms with Gasteiger partial charge in [0.05, 0.1) is 11.6 Å². The Hall–Kier alpha value is -2.75. The molecule has 1 amide bonds. The van der Waals surface area contributed by atoms with E-state index in [4.69, 9.17) is 5.26 Å². The minimum absolute atomic E-state index is 0.0970. The number of hydrogen-bond acceptors (Lipinski definition) is 2. The maximum Gasteiger partial charge on any atom is 0.280 e. The summed E-state index contributed by atoms with van der Waals surface area (Å²) >= 11 is 0. The highest BCUT2D eigenvalue weighted by atomic mass is 19.1. The lowest BCUT2D eigenvalue weighted by molar-refractivity contribution is -1.02. The van der Waals surface area contributed by atoms with Crippen LogP contribution in [0.5, 0.6) is 0 Å². The van der Waals surface area contributed by atoms with E-state index < -0.39 is 0 Å².